The summed E-state index contributed by atoms with van der Waals surface area (Å²) in [5.74, 6) is 0. The van der Waals surface area contributed by atoms with Crippen molar-refractivity contribution in [3.05, 3.63) is 26.6 Å². The van der Waals surface area contributed by atoms with E-state index in [4.69, 9.17) is 5.11 Å². The van der Waals surface area contributed by atoms with E-state index in [0.717, 1.165) is 0 Å². The maximum Gasteiger partial charge on any atom is 0.265 e. The van der Waals surface area contributed by atoms with Gasteiger partial charge in [0, 0.05) is 10.9 Å². The Bertz CT molecular complexity index is 335. The van der Waals surface area contributed by atoms with Crippen LogP contribution in [0.3, 0.4) is 0 Å². The molecule has 0 aliphatic rings. The summed E-state index contributed by atoms with van der Waals surface area (Å²) >= 11 is 5.14. The van der Waals surface area contributed by atoms with Gasteiger partial charge in [0.1, 0.15) is 3.70 Å². The van der Waals surface area contributed by atoms with E-state index in [-0.39, 0.29) is 11.3 Å². The number of alkyl halides is 3. The van der Waals surface area contributed by atoms with Crippen molar-refractivity contribution in [2.75, 3.05) is 0 Å². The lowest BCUT2D eigenvalue weighted by molar-refractivity contribution is 0.146. The van der Waals surface area contributed by atoms with Crippen LogP contribution in [0, 0.1) is 3.70 Å². The topological polar surface area (TPSA) is 33.1 Å². The zero-order valence-electron chi connectivity index (χ0n) is 6.98. The maximum atomic E-state index is 12.5. The van der Waals surface area contributed by atoms with Crippen molar-refractivity contribution in [2.24, 2.45) is 0 Å². The van der Waals surface area contributed by atoms with E-state index in [9.17, 15) is 8.78 Å². The van der Waals surface area contributed by atoms with Gasteiger partial charge in [0.25, 0.3) is 6.43 Å². The van der Waals surface area contributed by atoms with E-state index >= 15 is 0 Å². The fraction of sp³-hybridized carbons (Fsp3) is 0.375. The molecule has 0 unspecified atom stereocenters. The second-order valence-corrected chi connectivity index (χ2v) is 4.15. The van der Waals surface area contributed by atoms with Crippen LogP contribution in [0.25, 0.3) is 0 Å². The number of nitrogens with zero attached hydrogens (tertiary/aromatic N) is 1. The van der Waals surface area contributed by atoms with E-state index in [1.54, 1.807) is 0 Å². The van der Waals surface area contributed by atoms with Crippen LogP contribution >= 0.6 is 38.5 Å². The molecule has 0 atom stereocenters. The highest BCUT2D eigenvalue weighted by Gasteiger charge is 2.16. The van der Waals surface area contributed by atoms with Gasteiger partial charge in [0.05, 0.1) is 12.3 Å². The maximum absolute atomic E-state index is 12.5. The van der Waals surface area contributed by atoms with Gasteiger partial charge >= 0.3 is 0 Å². The molecule has 0 saturated heterocycles. The molecule has 0 aliphatic heterocycles. The van der Waals surface area contributed by atoms with E-state index < -0.39 is 13.0 Å². The second kappa shape index (κ2) is 5.32. The van der Waals surface area contributed by atoms with E-state index in [1.807, 2.05) is 22.6 Å². The number of aliphatic hydroxyl groups is 1. The fourth-order valence-electron chi connectivity index (χ4n) is 0.995. The van der Waals surface area contributed by atoms with Crippen LogP contribution in [0.1, 0.15) is 23.2 Å². The normalized spacial score (nSPS) is 11.0. The summed E-state index contributed by atoms with van der Waals surface area (Å²) < 4.78 is 25.6. The number of hydrogen-bond acceptors (Lipinski definition) is 2. The van der Waals surface area contributed by atoms with Crippen molar-refractivity contribution < 1.29 is 13.9 Å². The van der Waals surface area contributed by atoms with Crippen LogP contribution in [0.15, 0.2) is 6.07 Å². The van der Waals surface area contributed by atoms with Gasteiger partial charge in [0.2, 0.25) is 0 Å². The van der Waals surface area contributed by atoms with Crippen molar-refractivity contribution >= 4 is 38.5 Å². The average Bonchev–Trinajstić information content (AvgIpc) is 2.16. The van der Waals surface area contributed by atoms with Gasteiger partial charge in [-0.3, -0.25) is 0 Å². The van der Waals surface area contributed by atoms with Gasteiger partial charge in [-0.2, -0.15) is 0 Å². The Morgan fingerprint density at radius 1 is 1.57 bits per heavy atom. The van der Waals surface area contributed by atoms with Crippen LogP contribution in [0.5, 0.6) is 0 Å². The molecule has 1 heterocycles. The molecule has 0 bridgehead atoms. The number of halogens is 4. The Morgan fingerprint density at radius 3 is 2.64 bits per heavy atom. The molecular weight excluding hydrogens is 371 g/mol. The first-order valence-corrected chi connectivity index (χ1v) is 5.93. The summed E-state index contributed by atoms with van der Waals surface area (Å²) in [6, 6.07) is 1.37. The molecule has 1 aromatic heterocycles. The molecule has 0 radical (unpaired) electrons. The van der Waals surface area contributed by atoms with Crippen molar-refractivity contribution in [3.63, 3.8) is 0 Å². The number of pyridine rings is 1. The number of aliphatic hydroxyl groups excluding tert-OH is 1. The molecule has 2 nitrogen and oxygen atoms in total. The zero-order chi connectivity index (χ0) is 10.7. The van der Waals surface area contributed by atoms with Crippen molar-refractivity contribution in [1.82, 2.24) is 4.98 Å². The summed E-state index contributed by atoms with van der Waals surface area (Å²) in [6.45, 7) is -0.460. The van der Waals surface area contributed by atoms with Gasteiger partial charge < -0.3 is 5.11 Å². The molecule has 0 aliphatic carbocycles. The summed E-state index contributed by atoms with van der Waals surface area (Å²) in [5.41, 5.74) is 0.564. The molecule has 0 spiro atoms. The van der Waals surface area contributed by atoms with Crippen LogP contribution < -0.4 is 0 Å². The molecule has 1 aromatic rings. The monoisotopic (exact) mass is 377 g/mol. The first-order chi connectivity index (χ1) is 6.60. The predicted molar refractivity (Wildman–Crippen MR) is 60.5 cm³/mol. The molecule has 0 amide bonds. The molecule has 0 saturated carbocycles. The Morgan fingerprint density at radius 2 is 2.21 bits per heavy atom. The first-order valence-electron chi connectivity index (χ1n) is 3.73. The molecule has 0 fully saturated rings. The molecule has 1 N–H and O–H groups in total. The van der Waals surface area contributed by atoms with Gasteiger partial charge in [-0.25, -0.2) is 13.8 Å². The van der Waals surface area contributed by atoms with Gasteiger partial charge in [-0.05, 0) is 34.2 Å². The molecule has 6 heteroatoms. The van der Waals surface area contributed by atoms with E-state index in [0.29, 0.717) is 14.6 Å². The molecule has 1 rings (SSSR count). The Balaban J connectivity index is 3.25. The van der Waals surface area contributed by atoms with Crippen LogP contribution in [-0.4, -0.2) is 10.1 Å². The number of rotatable bonds is 3. The molecular formula is C8H7BrF2INO. The lowest BCUT2D eigenvalue weighted by Crippen LogP contribution is -2.03. The summed E-state index contributed by atoms with van der Waals surface area (Å²) in [5, 5.41) is 9.32. The number of hydrogen-bond donors (Lipinski definition) is 1. The highest BCUT2D eigenvalue weighted by Crippen LogP contribution is 2.26. The SMILES string of the molecule is OCc1nc(I)c(CBr)cc1C(F)F. The summed E-state index contributed by atoms with van der Waals surface area (Å²) in [7, 11) is 0. The predicted octanol–water partition coefficient (Wildman–Crippen LogP) is 3.01. The number of aromatic nitrogens is 1. The van der Waals surface area contributed by atoms with Crippen LogP contribution in [0.2, 0.25) is 0 Å². The third-order valence-corrected chi connectivity index (χ3v) is 3.23. The van der Waals surface area contributed by atoms with Gasteiger partial charge in [-0.1, -0.05) is 15.9 Å². The van der Waals surface area contributed by atoms with Crippen molar-refractivity contribution in [1.29, 1.82) is 0 Å². The second-order valence-electron chi connectivity index (χ2n) is 2.57. The van der Waals surface area contributed by atoms with E-state index in [1.165, 1.54) is 6.07 Å². The molecule has 78 valence electrons. The Kier molecular flexibility index (Phi) is 4.65. The summed E-state index contributed by atoms with van der Waals surface area (Å²) in [6.07, 6.45) is -2.60. The fourth-order valence-corrected chi connectivity index (χ4v) is 2.58. The quantitative estimate of drug-likeness (QED) is 0.499. The summed E-state index contributed by atoms with van der Waals surface area (Å²) in [4.78, 5) is 3.91. The lowest BCUT2D eigenvalue weighted by atomic mass is 10.1. The minimum Gasteiger partial charge on any atom is -0.390 e. The smallest absolute Gasteiger partial charge is 0.265 e. The molecule has 14 heavy (non-hydrogen) atoms. The van der Waals surface area contributed by atoms with Crippen LogP contribution in [-0.2, 0) is 11.9 Å². The Labute approximate surface area is 102 Å². The van der Waals surface area contributed by atoms with Crippen molar-refractivity contribution in [3.8, 4) is 0 Å². The third kappa shape index (κ3) is 2.60. The first kappa shape index (κ1) is 12.3. The molecule has 0 aromatic carbocycles. The highest BCUT2D eigenvalue weighted by atomic mass is 127. The van der Waals surface area contributed by atoms with E-state index in [2.05, 4.69) is 20.9 Å². The Hall–Kier alpha value is 0.180. The third-order valence-electron chi connectivity index (χ3n) is 1.69. The lowest BCUT2D eigenvalue weighted by Gasteiger charge is -2.09. The minimum atomic E-state index is -2.60. The van der Waals surface area contributed by atoms with Gasteiger partial charge in [-0.15, -0.1) is 0 Å². The zero-order valence-corrected chi connectivity index (χ0v) is 10.7. The largest absolute Gasteiger partial charge is 0.390 e. The average molecular weight is 378 g/mol. The van der Waals surface area contributed by atoms with Crippen molar-refractivity contribution in [2.45, 2.75) is 18.4 Å². The van der Waals surface area contributed by atoms with Gasteiger partial charge in [0.15, 0.2) is 0 Å². The standard InChI is InChI=1S/C8H7BrF2INO/c9-2-4-1-5(7(10)11)6(3-14)13-8(4)12/h1,7,14H,2-3H2. The highest BCUT2D eigenvalue weighted by molar-refractivity contribution is 14.1. The van der Waals surface area contributed by atoms with Crippen LogP contribution in [0.4, 0.5) is 8.78 Å². The minimum absolute atomic E-state index is 0.0501.